The summed E-state index contributed by atoms with van der Waals surface area (Å²) in [6.07, 6.45) is 5.06. The minimum Gasteiger partial charge on any atom is -0.463 e. The first kappa shape index (κ1) is 13.2. The molecule has 0 aliphatic carbocycles. The Hall–Kier alpha value is -1.81. The number of likely N-dealkylation sites (tertiary alicyclic amines) is 1. The van der Waals surface area contributed by atoms with Crippen LogP contribution in [0.3, 0.4) is 0 Å². The van der Waals surface area contributed by atoms with Gasteiger partial charge >= 0.3 is 0 Å². The van der Waals surface area contributed by atoms with Gasteiger partial charge in [0.15, 0.2) is 0 Å². The Morgan fingerprint density at radius 1 is 1.45 bits per heavy atom. The molecular weight excluding hydrogens is 252 g/mol. The molecule has 0 radical (unpaired) electrons. The molecule has 4 nitrogen and oxygen atoms in total. The maximum absolute atomic E-state index is 12.2. The number of hydrogen-bond donors (Lipinski definition) is 1. The minimum absolute atomic E-state index is 0.0457. The maximum atomic E-state index is 12.2. The lowest BCUT2D eigenvalue weighted by atomic mass is 10.1. The molecule has 0 saturated carbocycles. The largest absolute Gasteiger partial charge is 0.463 e. The van der Waals surface area contributed by atoms with E-state index in [1.165, 1.54) is 19.4 Å². The Balaban J connectivity index is 1.59. The normalized spacial score (nSPS) is 19.6. The fraction of sp³-hybridized carbons (Fsp3) is 0.438. The third-order valence-electron chi connectivity index (χ3n) is 4.16. The molecule has 2 heterocycles. The number of hydrogen-bond acceptors (Lipinski definition) is 3. The fourth-order valence-corrected chi connectivity index (χ4v) is 2.95. The zero-order valence-electron chi connectivity index (χ0n) is 11.8. The van der Waals surface area contributed by atoms with Gasteiger partial charge in [0.25, 0.3) is 5.91 Å². The van der Waals surface area contributed by atoms with Crippen LogP contribution >= 0.6 is 0 Å². The highest BCUT2D eigenvalue weighted by atomic mass is 16.3. The first-order valence-electron chi connectivity index (χ1n) is 7.20. The van der Waals surface area contributed by atoms with Crippen LogP contribution in [0.5, 0.6) is 0 Å². The van der Waals surface area contributed by atoms with E-state index in [9.17, 15) is 4.79 Å². The number of carbonyl (C=O) groups is 1. The first-order chi connectivity index (χ1) is 9.75. The van der Waals surface area contributed by atoms with E-state index in [0.29, 0.717) is 18.2 Å². The molecule has 1 unspecified atom stereocenters. The highest BCUT2D eigenvalue weighted by Gasteiger charge is 2.20. The summed E-state index contributed by atoms with van der Waals surface area (Å²) in [6.45, 7) is 1.89. The molecule has 0 bridgehead atoms. The van der Waals surface area contributed by atoms with E-state index in [0.717, 1.165) is 17.4 Å². The lowest BCUT2D eigenvalue weighted by molar-refractivity contribution is 0.0951. The van der Waals surface area contributed by atoms with Crippen LogP contribution in [-0.4, -0.2) is 37.0 Å². The van der Waals surface area contributed by atoms with Gasteiger partial charge in [0, 0.05) is 18.0 Å². The zero-order valence-corrected chi connectivity index (χ0v) is 11.8. The van der Waals surface area contributed by atoms with Crippen molar-refractivity contribution in [1.82, 2.24) is 10.2 Å². The highest BCUT2D eigenvalue weighted by Crippen LogP contribution is 2.21. The SMILES string of the molecule is CN1CCCC1CCNC(=O)c1coc2ccccc12. The van der Waals surface area contributed by atoms with Crippen LogP contribution in [0.2, 0.25) is 0 Å². The highest BCUT2D eigenvalue weighted by molar-refractivity contribution is 6.05. The number of para-hydroxylation sites is 1. The molecular formula is C16H20N2O2. The van der Waals surface area contributed by atoms with Crippen molar-refractivity contribution >= 4 is 16.9 Å². The molecule has 20 heavy (non-hydrogen) atoms. The van der Waals surface area contributed by atoms with Crippen molar-refractivity contribution in [1.29, 1.82) is 0 Å². The molecule has 1 aromatic heterocycles. The Kier molecular flexibility index (Phi) is 3.74. The number of furan rings is 1. The molecule has 1 aliphatic rings. The van der Waals surface area contributed by atoms with Gasteiger partial charge in [-0.15, -0.1) is 0 Å². The lowest BCUT2D eigenvalue weighted by Crippen LogP contribution is -2.31. The van der Waals surface area contributed by atoms with Gasteiger partial charge < -0.3 is 14.6 Å². The van der Waals surface area contributed by atoms with Crippen LogP contribution in [0, 0.1) is 0 Å². The van der Waals surface area contributed by atoms with Gasteiger partial charge in [-0.25, -0.2) is 0 Å². The van der Waals surface area contributed by atoms with E-state index >= 15 is 0 Å². The van der Waals surface area contributed by atoms with Crippen LogP contribution < -0.4 is 5.32 Å². The average molecular weight is 272 g/mol. The van der Waals surface area contributed by atoms with E-state index < -0.39 is 0 Å². The van der Waals surface area contributed by atoms with Gasteiger partial charge in [0.2, 0.25) is 0 Å². The third-order valence-corrected chi connectivity index (χ3v) is 4.16. The predicted molar refractivity (Wildman–Crippen MR) is 78.8 cm³/mol. The third kappa shape index (κ3) is 2.56. The monoisotopic (exact) mass is 272 g/mol. The van der Waals surface area contributed by atoms with E-state index in [1.54, 1.807) is 6.26 Å². The number of carbonyl (C=O) groups excluding carboxylic acids is 1. The maximum Gasteiger partial charge on any atom is 0.255 e. The van der Waals surface area contributed by atoms with Crippen molar-refractivity contribution in [2.24, 2.45) is 0 Å². The Morgan fingerprint density at radius 3 is 3.10 bits per heavy atom. The second kappa shape index (κ2) is 5.67. The van der Waals surface area contributed by atoms with Crippen molar-refractivity contribution in [3.63, 3.8) is 0 Å². The molecule has 106 valence electrons. The predicted octanol–water partition coefficient (Wildman–Crippen LogP) is 2.65. The summed E-state index contributed by atoms with van der Waals surface area (Å²) in [6, 6.07) is 8.22. The molecule has 1 fully saturated rings. The average Bonchev–Trinajstić information content (AvgIpc) is 3.05. The van der Waals surface area contributed by atoms with Crippen molar-refractivity contribution < 1.29 is 9.21 Å². The van der Waals surface area contributed by atoms with Crippen molar-refractivity contribution in [3.05, 3.63) is 36.1 Å². The van der Waals surface area contributed by atoms with Crippen molar-refractivity contribution in [3.8, 4) is 0 Å². The Bertz CT molecular complexity index is 605. The van der Waals surface area contributed by atoms with Crippen molar-refractivity contribution in [2.75, 3.05) is 20.1 Å². The molecule has 1 amide bonds. The Morgan fingerprint density at radius 2 is 2.30 bits per heavy atom. The molecule has 1 saturated heterocycles. The van der Waals surface area contributed by atoms with Gasteiger partial charge in [-0.05, 0) is 38.9 Å². The topological polar surface area (TPSA) is 45.5 Å². The fourth-order valence-electron chi connectivity index (χ4n) is 2.95. The molecule has 1 N–H and O–H groups in total. The summed E-state index contributed by atoms with van der Waals surface area (Å²) in [7, 11) is 2.16. The number of nitrogens with one attached hydrogen (secondary N) is 1. The summed E-state index contributed by atoms with van der Waals surface area (Å²) in [5.41, 5.74) is 1.38. The molecule has 1 atom stereocenters. The molecule has 0 spiro atoms. The second-order valence-electron chi connectivity index (χ2n) is 5.47. The van der Waals surface area contributed by atoms with Gasteiger partial charge in [-0.1, -0.05) is 18.2 Å². The van der Waals surface area contributed by atoms with Gasteiger partial charge in [0.1, 0.15) is 11.8 Å². The van der Waals surface area contributed by atoms with E-state index in [1.807, 2.05) is 24.3 Å². The van der Waals surface area contributed by atoms with Crippen LogP contribution in [0.25, 0.3) is 11.0 Å². The van der Waals surface area contributed by atoms with Gasteiger partial charge in [-0.3, -0.25) is 4.79 Å². The number of fused-ring (bicyclic) bond motifs is 1. The quantitative estimate of drug-likeness (QED) is 0.930. The van der Waals surface area contributed by atoms with Gasteiger partial charge in [-0.2, -0.15) is 0 Å². The summed E-state index contributed by atoms with van der Waals surface area (Å²) < 4.78 is 5.40. The van der Waals surface area contributed by atoms with Gasteiger partial charge in [0.05, 0.1) is 5.56 Å². The lowest BCUT2D eigenvalue weighted by Gasteiger charge is -2.19. The molecule has 1 aliphatic heterocycles. The number of rotatable bonds is 4. The summed E-state index contributed by atoms with van der Waals surface area (Å²) in [5.74, 6) is -0.0457. The van der Waals surface area contributed by atoms with E-state index in [-0.39, 0.29) is 5.91 Å². The molecule has 2 aromatic rings. The number of amides is 1. The second-order valence-corrected chi connectivity index (χ2v) is 5.47. The summed E-state index contributed by atoms with van der Waals surface area (Å²) >= 11 is 0. The molecule has 4 heteroatoms. The minimum atomic E-state index is -0.0457. The number of nitrogens with zero attached hydrogens (tertiary/aromatic N) is 1. The zero-order chi connectivity index (χ0) is 13.9. The number of benzene rings is 1. The van der Waals surface area contributed by atoms with Crippen LogP contribution in [0.4, 0.5) is 0 Å². The van der Waals surface area contributed by atoms with E-state index in [4.69, 9.17) is 4.42 Å². The summed E-state index contributed by atoms with van der Waals surface area (Å²) in [5, 5.41) is 3.88. The Labute approximate surface area is 118 Å². The molecule has 1 aromatic carbocycles. The van der Waals surface area contributed by atoms with Crippen molar-refractivity contribution in [2.45, 2.75) is 25.3 Å². The van der Waals surface area contributed by atoms with Crippen LogP contribution in [-0.2, 0) is 0 Å². The standard InChI is InChI=1S/C16H20N2O2/c1-18-10-4-5-12(18)8-9-17-16(19)14-11-20-15-7-3-2-6-13(14)15/h2-3,6-7,11-12H,4-5,8-10H2,1H3,(H,17,19). The smallest absolute Gasteiger partial charge is 0.255 e. The van der Waals surface area contributed by atoms with Crippen LogP contribution in [0.15, 0.2) is 34.9 Å². The van der Waals surface area contributed by atoms with E-state index in [2.05, 4.69) is 17.3 Å². The first-order valence-corrected chi connectivity index (χ1v) is 7.20. The molecule has 3 rings (SSSR count). The van der Waals surface area contributed by atoms with Crippen LogP contribution in [0.1, 0.15) is 29.6 Å². The summed E-state index contributed by atoms with van der Waals surface area (Å²) in [4.78, 5) is 14.6.